The Bertz CT molecular complexity index is 678. The molecule has 0 saturated carbocycles. The molecule has 0 fully saturated rings. The first-order valence-corrected chi connectivity index (χ1v) is 5.44. The van der Waals surface area contributed by atoms with Gasteiger partial charge in [0.25, 0.3) is 5.56 Å². The lowest BCUT2D eigenvalue weighted by Crippen LogP contribution is -2.19. The fourth-order valence-electron chi connectivity index (χ4n) is 1.71. The molecule has 0 aliphatic rings. The van der Waals surface area contributed by atoms with E-state index in [4.69, 9.17) is 16.3 Å². The molecule has 1 aromatic heterocycles. The van der Waals surface area contributed by atoms with E-state index in [1.165, 1.54) is 14.2 Å². The number of fused-ring (bicyclic) bond motifs is 1. The van der Waals surface area contributed by atoms with Crippen LogP contribution < -0.4 is 10.3 Å². The summed E-state index contributed by atoms with van der Waals surface area (Å²) in [4.78, 5) is 25.9. The molecule has 0 aliphatic carbocycles. The van der Waals surface area contributed by atoms with Crippen LogP contribution in [-0.4, -0.2) is 25.2 Å². The fourth-order valence-corrected chi connectivity index (χ4v) is 2.03. The van der Waals surface area contributed by atoms with E-state index < -0.39 is 11.5 Å². The van der Waals surface area contributed by atoms with Gasteiger partial charge in [0.2, 0.25) is 0 Å². The highest BCUT2D eigenvalue weighted by Gasteiger charge is 2.19. The van der Waals surface area contributed by atoms with Crippen molar-refractivity contribution in [2.75, 3.05) is 14.2 Å². The Morgan fingerprint density at radius 1 is 1.33 bits per heavy atom. The number of methoxy groups -OCH3 is 2. The molecule has 0 bridgehead atoms. The van der Waals surface area contributed by atoms with Crippen molar-refractivity contribution in [1.29, 1.82) is 0 Å². The number of esters is 1. The molecule has 5 nitrogen and oxygen atoms in total. The average Bonchev–Trinajstić information content (AvgIpc) is 2.37. The van der Waals surface area contributed by atoms with Crippen LogP contribution in [0.3, 0.4) is 0 Å². The molecule has 0 unspecified atom stereocenters. The van der Waals surface area contributed by atoms with Crippen molar-refractivity contribution in [1.82, 2.24) is 4.98 Å². The van der Waals surface area contributed by atoms with E-state index in [2.05, 4.69) is 9.72 Å². The third kappa shape index (κ3) is 1.82. The summed E-state index contributed by atoms with van der Waals surface area (Å²) in [5.41, 5.74) is -0.369. The maximum absolute atomic E-state index is 11.8. The van der Waals surface area contributed by atoms with Crippen molar-refractivity contribution < 1.29 is 14.3 Å². The van der Waals surface area contributed by atoms with E-state index >= 15 is 0 Å². The van der Waals surface area contributed by atoms with Gasteiger partial charge in [-0.1, -0.05) is 23.7 Å². The summed E-state index contributed by atoms with van der Waals surface area (Å²) in [7, 11) is 2.67. The number of H-pyrrole nitrogens is 1. The third-order valence-electron chi connectivity index (χ3n) is 2.56. The van der Waals surface area contributed by atoms with Crippen LogP contribution in [0.5, 0.6) is 5.75 Å². The minimum Gasteiger partial charge on any atom is -0.495 e. The smallest absolute Gasteiger partial charge is 0.345 e. The first-order valence-electron chi connectivity index (χ1n) is 5.07. The second-order valence-corrected chi connectivity index (χ2v) is 3.90. The molecule has 0 atom stereocenters. The standard InChI is InChI=1S/C12H10ClNO4/c1-17-7-5-3-4-6-9(13)8(12(16)18-2)11(15)14-10(6)7/h3-5H,1-2H3,(H,14,15). The van der Waals surface area contributed by atoms with Gasteiger partial charge in [-0.3, -0.25) is 4.79 Å². The zero-order valence-electron chi connectivity index (χ0n) is 9.74. The Balaban J connectivity index is 2.88. The number of aromatic amines is 1. The number of benzene rings is 1. The lowest BCUT2D eigenvalue weighted by molar-refractivity contribution is 0.0599. The summed E-state index contributed by atoms with van der Waals surface area (Å²) in [6, 6.07) is 5.08. The van der Waals surface area contributed by atoms with Gasteiger partial charge in [-0.2, -0.15) is 0 Å². The number of hydrogen-bond donors (Lipinski definition) is 1. The van der Waals surface area contributed by atoms with Gasteiger partial charge in [-0.05, 0) is 6.07 Å². The number of carbonyl (C=O) groups excluding carboxylic acids is 1. The molecule has 1 N–H and O–H groups in total. The Kier molecular flexibility index (Phi) is 3.25. The van der Waals surface area contributed by atoms with E-state index in [9.17, 15) is 9.59 Å². The Morgan fingerprint density at radius 3 is 2.67 bits per heavy atom. The van der Waals surface area contributed by atoms with Gasteiger partial charge in [-0.25, -0.2) is 4.79 Å². The fraction of sp³-hybridized carbons (Fsp3) is 0.167. The first kappa shape index (κ1) is 12.4. The number of aromatic nitrogens is 1. The number of hydrogen-bond acceptors (Lipinski definition) is 4. The Labute approximate surface area is 107 Å². The molecule has 18 heavy (non-hydrogen) atoms. The van der Waals surface area contributed by atoms with E-state index in [1.54, 1.807) is 18.2 Å². The normalized spacial score (nSPS) is 10.4. The summed E-state index contributed by atoms with van der Waals surface area (Å²) < 4.78 is 9.65. The monoisotopic (exact) mass is 267 g/mol. The highest BCUT2D eigenvalue weighted by atomic mass is 35.5. The second-order valence-electron chi connectivity index (χ2n) is 3.52. The van der Waals surface area contributed by atoms with E-state index in [0.29, 0.717) is 16.7 Å². The van der Waals surface area contributed by atoms with Crippen LogP contribution in [-0.2, 0) is 4.74 Å². The molecule has 0 saturated heterocycles. The maximum atomic E-state index is 11.8. The van der Waals surface area contributed by atoms with Gasteiger partial charge in [0.1, 0.15) is 11.3 Å². The highest BCUT2D eigenvalue weighted by molar-refractivity contribution is 6.38. The molecule has 1 aromatic carbocycles. The molecule has 0 spiro atoms. The minimum atomic E-state index is -0.772. The van der Waals surface area contributed by atoms with Gasteiger partial charge in [0, 0.05) is 5.39 Å². The number of halogens is 1. The van der Waals surface area contributed by atoms with Crippen molar-refractivity contribution in [2.24, 2.45) is 0 Å². The molecule has 0 radical (unpaired) electrons. The molecular weight excluding hydrogens is 258 g/mol. The van der Waals surface area contributed by atoms with Crippen molar-refractivity contribution in [3.05, 3.63) is 39.1 Å². The van der Waals surface area contributed by atoms with Crippen LogP contribution in [0.2, 0.25) is 5.02 Å². The maximum Gasteiger partial charge on any atom is 0.345 e. The second kappa shape index (κ2) is 4.70. The van der Waals surface area contributed by atoms with Crippen LogP contribution in [0.4, 0.5) is 0 Å². The Hall–Kier alpha value is -2.01. The van der Waals surface area contributed by atoms with Crippen molar-refractivity contribution in [3.63, 3.8) is 0 Å². The molecule has 2 rings (SSSR count). The lowest BCUT2D eigenvalue weighted by Gasteiger charge is -2.08. The largest absolute Gasteiger partial charge is 0.495 e. The number of nitrogens with one attached hydrogen (secondary N) is 1. The minimum absolute atomic E-state index is 0.0551. The third-order valence-corrected chi connectivity index (χ3v) is 2.95. The van der Waals surface area contributed by atoms with E-state index in [1.807, 2.05) is 0 Å². The summed E-state index contributed by atoms with van der Waals surface area (Å²) in [6.07, 6.45) is 0. The Morgan fingerprint density at radius 2 is 2.06 bits per heavy atom. The molecule has 1 heterocycles. The van der Waals surface area contributed by atoms with E-state index in [0.717, 1.165) is 0 Å². The van der Waals surface area contributed by atoms with Crippen molar-refractivity contribution in [2.45, 2.75) is 0 Å². The summed E-state index contributed by atoms with van der Waals surface area (Å²) >= 11 is 6.07. The highest BCUT2D eigenvalue weighted by Crippen LogP contribution is 2.29. The van der Waals surface area contributed by atoms with Crippen LogP contribution >= 0.6 is 11.6 Å². The number of rotatable bonds is 2. The van der Waals surface area contributed by atoms with Crippen molar-refractivity contribution >= 4 is 28.5 Å². The predicted octanol–water partition coefficient (Wildman–Crippen LogP) is 1.98. The van der Waals surface area contributed by atoms with Gasteiger partial charge < -0.3 is 14.5 Å². The molecule has 2 aromatic rings. The van der Waals surface area contributed by atoms with Gasteiger partial charge >= 0.3 is 5.97 Å². The zero-order chi connectivity index (χ0) is 13.3. The molecular formula is C12H10ClNO4. The summed E-state index contributed by atoms with van der Waals surface area (Å²) in [6.45, 7) is 0. The van der Waals surface area contributed by atoms with Crippen LogP contribution in [0, 0.1) is 0 Å². The van der Waals surface area contributed by atoms with Crippen LogP contribution in [0.1, 0.15) is 10.4 Å². The molecule has 6 heteroatoms. The van der Waals surface area contributed by atoms with Crippen LogP contribution in [0.25, 0.3) is 10.9 Å². The number of carbonyl (C=O) groups is 1. The lowest BCUT2D eigenvalue weighted by atomic mass is 10.1. The number of pyridine rings is 1. The summed E-state index contributed by atoms with van der Waals surface area (Å²) in [5, 5.41) is 0.579. The van der Waals surface area contributed by atoms with Gasteiger partial charge in [0.05, 0.1) is 24.8 Å². The van der Waals surface area contributed by atoms with Gasteiger partial charge in [-0.15, -0.1) is 0 Å². The average molecular weight is 268 g/mol. The number of para-hydroxylation sites is 1. The molecule has 0 aliphatic heterocycles. The predicted molar refractivity (Wildman–Crippen MR) is 67.5 cm³/mol. The molecule has 0 amide bonds. The first-order chi connectivity index (χ1) is 8.60. The van der Waals surface area contributed by atoms with Crippen LogP contribution in [0.15, 0.2) is 23.0 Å². The zero-order valence-corrected chi connectivity index (χ0v) is 10.5. The number of ether oxygens (including phenoxy) is 2. The molecule has 94 valence electrons. The quantitative estimate of drug-likeness (QED) is 0.845. The topological polar surface area (TPSA) is 68.4 Å². The van der Waals surface area contributed by atoms with Gasteiger partial charge in [0.15, 0.2) is 0 Å². The summed E-state index contributed by atoms with van der Waals surface area (Å²) in [5.74, 6) is -0.297. The van der Waals surface area contributed by atoms with E-state index in [-0.39, 0.29) is 10.6 Å². The van der Waals surface area contributed by atoms with Crippen molar-refractivity contribution in [3.8, 4) is 5.75 Å². The SMILES string of the molecule is COC(=O)c1c(Cl)c2cccc(OC)c2[nH]c1=O.